The lowest BCUT2D eigenvalue weighted by Crippen LogP contribution is -2.32. The monoisotopic (exact) mass is 420 g/mol. The lowest BCUT2D eigenvalue weighted by molar-refractivity contribution is 0.219. The molecule has 0 fully saturated rings. The van der Waals surface area contributed by atoms with Gasteiger partial charge in [0.1, 0.15) is 5.82 Å². The molecule has 0 radical (unpaired) electrons. The predicted molar refractivity (Wildman–Crippen MR) is 128 cm³/mol. The Bertz CT molecular complexity index is 1030. The third-order valence-electron chi connectivity index (χ3n) is 5.16. The Morgan fingerprint density at radius 1 is 0.968 bits per heavy atom. The zero-order valence-corrected chi connectivity index (χ0v) is 19.1. The molecule has 3 aromatic rings. The fraction of sp³-hybridized carbons (Fsp3) is 0.375. The number of aromatic nitrogens is 2. The number of carbonyl (C=O) groups excluding carboxylic acids is 1. The molecule has 164 valence electrons. The van der Waals surface area contributed by atoms with E-state index in [0.717, 1.165) is 53.0 Å². The normalized spacial score (nSPS) is 11.0. The highest BCUT2D eigenvalue weighted by molar-refractivity contribution is 5.91. The lowest BCUT2D eigenvalue weighted by atomic mass is 10.1. The molecule has 7 heteroatoms. The van der Waals surface area contributed by atoms with E-state index in [1.807, 2.05) is 56.3 Å². The average Bonchev–Trinajstić information content (AvgIpc) is 2.73. The van der Waals surface area contributed by atoms with E-state index in [0.29, 0.717) is 12.4 Å². The van der Waals surface area contributed by atoms with Crippen LogP contribution in [0.5, 0.6) is 0 Å². The van der Waals surface area contributed by atoms with Gasteiger partial charge in [-0.2, -0.15) is 0 Å². The quantitative estimate of drug-likeness (QED) is 0.532. The van der Waals surface area contributed by atoms with Gasteiger partial charge in [-0.15, -0.1) is 0 Å². The molecule has 7 nitrogen and oxygen atoms in total. The SMILES string of the molecule is Cc1cccc(C)c1NC(=O)N(C)Cc1nc(NCCCN(C)C)c2ccccc2n1. The van der Waals surface area contributed by atoms with Crippen LogP contribution < -0.4 is 10.6 Å². The average molecular weight is 421 g/mol. The highest BCUT2D eigenvalue weighted by atomic mass is 16.2. The fourth-order valence-corrected chi connectivity index (χ4v) is 3.43. The summed E-state index contributed by atoms with van der Waals surface area (Å²) in [5.41, 5.74) is 3.79. The number of nitrogens with one attached hydrogen (secondary N) is 2. The second-order valence-electron chi connectivity index (χ2n) is 8.14. The molecule has 0 aliphatic heterocycles. The number of anilines is 2. The number of urea groups is 1. The molecule has 0 saturated carbocycles. The van der Waals surface area contributed by atoms with Crippen molar-refractivity contribution in [3.05, 3.63) is 59.4 Å². The van der Waals surface area contributed by atoms with Crippen LogP contribution in [0, 0.1) is 13.8 Å². The van der Waals surface area contributed by atoms with Gasteiger partial charge in [0, 0.05) is 24.7 Å². The number of hydrogen-bond acceptors (Lipinski definition) is 5. The van der Waals surface area contributed by atoms with Crippen molar-refractivity contribution in [1.29, 1.82) is 0 Å². The molecular weight excluding hydrogens is 388 g/mol. The first-order valence-corrected chi connectivity index (χ1v) is 10.6. The summed E-state index contributed by atoms with van der Waals surface area (Å²) in [6, 6.07) is 13.7. The molecule has 0 aliphatic rings. The number of carbonyl (C=O) groups is 1. The van der Waals surface area contributed by atoms with E-state index >= 15 is 0 Å². The Morgan fingerprint density at radius 3 is 2.39 bits per heavy atom. The number of hydrogen-bond donors (Lipinski definition) is 2. The van der Waals surface area contributed by atoms with Gasteiger partial charge in [-0.3, -0.25) is 0 Å². The minimum atomic E-state index is -0.186. The number of rotatable bonds is 8. The van der Waals surface area contributed by atoms with Crippen molar-refractivity contribution in [3.63, 3.8) is 0 Å². The molecule has 0 bridgehead atoms. The number of aryl methyl sites for hydroxylation is 2. The van der Waals surface area contributed by atoms with Gasteiger partial charge in [0.25, 0.3) is 0 Å². The molecule has 2 aromatic carbocycles. The summed E-state index contributed by atoms with van der Waals surface area (Å²) in [6.45, 7) is 6.12. The summed E-state index contributed by atoms with van der Waals surface area (Å²) in [6.07, 6.45) is 1.01. The maximum absolute atomic E-state index is 12.8. The van der Waals surface area contributed by atoms with Gasteiger partial charge >= 0.3 is 6.03 Å². The van der Waals surface area contributed by atoms with E-state index < -0.39 is 0 Å². The van der Waals surface area contributed by atoms with Crippen molar-refractivity contribution < 1.29 is 4.79 Å². The number of amides is 2. The van der Waals surface area contributed by atoms with Gasteiger partial charge in [0.05, 0.1) is 12.1 Å². The Hall–Kier alpha value is -3.19. The number of nitrogens with zero attached hydrogens (tertiary/aromatic N) is 4. The van der Waals surface area contributed by atoms with Gasteiger partial charge in [0.2, 0.25) is 0 Å². The molecule has 1 heterocycles. The van der Waals surface area contributed by atoms with Crippen LogP contribution in [0.4, 0.5) is 16.3 Å². The molecule has 31 heavy (non-hydrogen) atoms. The Kier molecular flexibility index (Phi) is 7.41. The van der Waals surface area contributed by atoms with Crippen LogP contribution in [-0.4, -0.2) is 60.0 Å². The van der Waals surface area contributed by atoms with E-state index in [9.17, 15) is 4.79 Å². The largest absolute Gasteiger partial charge is 0.369 e. The van der Waals surface area contributed by atoms with Crippen LogP contribution in [0.25, 0.3) is 10.9 Å². The molecule has 0 aliphatic carbocycles. The molecule has 0 unspecified atom stereocenters. The van der Waals surface area contributed by atoms with Gasteiger partial charge < -0.3 is 20.4 Å². The number of benzene rings is 2. The second kappa shape index (κ2) is 10.2. The van der Waals surface area contributed by atoms with Crippen molar-refractivity contribution in [3.8, 4) is 0 Å². The van der Waals surface area contributed by atoms with E-state index in [1.54, 1.807) is 11.9 Å². The van der Waals surface area contributed by atoms with Crippen molar-refractivity contribution in [2.24, 2.45) is 0 Å². The van der Waals surface area contributed by atoms with Crippen LogP contribution in [0.15, 0.2) is 42.5 Å². The third-order valence-corrected chi connectivity index (χ3v) is 5.16. The van der Waals surface area contributed by atoms with Crippen LogP contribution in [-0.2, 0) is 6.54 Å². The molecular formula is C24H32N6O. The summed E-state index contributed by atoms with van der Waals surface area (Å²) in [5, 5.41) is 7.44. The zero-order valence-electron chi connectivity index (χ0n) is 19.1. The van der Waals surface area contributed by atoms with Crippen molar-refractivity contribution in [2.45, 2.75) is 26.8 Å². The lowest BCUT2D eigenvalue weighted by Gasteiger charge is -2.20. The van der Waals surface area contributed by atoms with Gasteiger partial charge in [-0.1, -0.05) is 30.3 Å². The van der Waals surface area contributed by atoms with Crippen LogP contribution in [0.2, 0.25) is 0 Å². The molecule has 0 spiro atoms. The van der Waals surface area contributed by atoms with Crippen molar-refractivity contribution in [2.75, 3.05) is 44.9 Å². The topological polar surface area (TPSA) is 73.4 Å². The number of fused-ring (bicyclic) bond motifs is 1. The summed E-state index contributed by atoms with van der Waals surface area (Å²) >= 11 is 0. The van der Waals surface area contributed by atoms with Gasteiger partial charge in [-0.25, -0.2) is 14.8 Å². The second-order valence-corrected chi connectivity index (χ2v) is 8.14. The Balaban J connectivity index is 1.74. The zero-order chi connectivity index (χ0) is 22.4. The summed E-state index contributed by atoms with van der Waals surface area (Å²) in [5.74, 6) is 1.41. The maximum atomic E-state index is 12.8. The molecule has 0 atom stereocenters. The first-order valence-electron chi connectivity index (χ1n) is 10.6. The number of para-hydroxylation sites is 2. The Labute approximate surface area is 184 Å². The standard InChI is InChI=1S/C24H32N6O/c1-17-10-8-11-18(2)22(17)28-24(31)30(5)16-21-26-20-13-7-6-12-19(20)23(27-21)25-14-9-15-29(3)4/h6-8,10-13H,9,14-16H2,1-5H3,(H,28,31)(H,25,26,27). The van der Waals surface area contributed by atoms with E-state index in [-0.39, 0.29) is 6.03 Å². The minimum absolute atomic E-state index is 0.186. The third kappa shape index (κ3) is 5.92. The summed E-state index contributed by atoms with van der Waals surface area (Å²) in [4.78, 5) is 25.9. The highest BCUT2D eigenvalue weighted by Crippen LogP contribution is 2.22. The Morgan fingerprint density at radius 2 is 1.68 bits per heavy atom. The maximum Gasteiger partial charge on any atom is 0.322 e. The highest BCUT2D eigenvalue weighted by Gasteiger charge is 2.15. The molecule has 3 rings (SSSR count). The smallest absolute Gasteiger partial charge is 0.322 e. The molecule has 2 N–H and O–H groups in total. The van der Waals surface area contributed by atoms with Crippen molar-refractivity contribution in [1.82, 2.24) is 19.8 Å². The summed E-state index contributed by atoms with van der Waals surface area (Å²) < 4.78 is 0. The van der Waals surface area contributed by atoms with E-state index in [2.05, 4.69) is 34.6 Å². The molecule has 1 aromatic heterocycles. The predicted octanol–water partition coefficient (Wildman–Crippen LogP) is 4.27. The summed E-state index contributed by atoms with van der Waals surface area (Å²) in [7, 11) is 5.89. The van der Waals surface area contributed by atoms with Gasteiger partial charge in [-0.05, 0) is 64.2 Å². The van der Waals surface area contributed by atoms with Crippen LogP contribution >= 0.6 is 0 Å². The van der Waals surface area contributed by atoms with E-state index in [4.69, 9.17) is 4.98 Å². The molecule has 2 amide bonds. The minimum Gasteiger partial charge on any atom is -0.369 e. The fourth-order valence-electron chi connectivity index (χ4n) is 3.43. The van der Waals surface area contributed by atoms with Crippen LogP contribution in [0.1, 0.15) is 23.4 Å². The first-order chi connectivity index (χ1) is 14.8. The van der Waals surface area contributed by atoms with Gasteiger partial charge in [0.15, 0.2) is 5.82 Å². The molecule has 0 saturated heterocycles. The van der Waals surface area contributed by atoms with Crippen LogP contribution in [0.3, 0.4) is 0 Å². The first kappa shape index (κ1) is 22.5. The van der Waals surface area contributed by atoms with Crippen molar-refractivity contribution >= 4 is 28.4 Å². The van der Waals surface area contributed by atoms with E-state index in [1.165, 1.54) is 0 Å².